The number of fused-ring (bicyclic) bond motifs is 2. The van der Waals surface area contributed by atoms with E-state index in [1.54, 1.807) is 13.1 Å². The second-order valence-electron chi connectivity index (χ2n) is 8.07. The van der Waals surface area contributed by atoms with Crippen LogP contribution in [0.25, 0.3) is 11.3 Å². The normalized spacial score (nSPS) is 23.5. The van der Waals surface area contributed by atoms with Crippen LogP contribution >= 0.6 is 11.6 Å². The average Bonchev–Trinajstić information content (AvgIpc) is 2.77. The summed E-state index contributed by atoms with van der Waals surface area (Å²) in [6, 6.07) is 8.04. The molecule has 4 rings (SSSR count). The predicted octanol–water partition coefficient (Wildman–Crippen LogP) is 3.50. The summed E-state index contributed by atoms with van der Waals surface area (Å²) in [6.07, 6.45) is 1.28. The van der Waals surface area contributed by atoms with Gasteiger partial charge in [0.25, 0.3) is 5.91 Å². The van der Waals surface area contributed by atoms with Gasteiger partial charge in [0.05, 0.1) is 11.4 Å². The molecule has 0 bridgehead atoms. The third-order valence-corrected chi connectivity index (χ3v) is 5.46. The summed E-state index contributed by atoms with van der Waals surface area (Å²) >= 11 is 6.00. The number of hydrogen-bond donors (Lipinski definition) is 1. The Morgan fingerprint density at radius 1 is 1.26 bits per heavy atom. The van der Waals surface area contributed by atoms with E-state index in [4.69, 9.17) is 22.3 Å². The van der Waals surface area contributed by atoms with E-state index < -0.39 is 11.4 Å². The first-order valence-electron chi connectivity index (χ1n) is 8.72. The van der Waals surface area contributed by atoms with E-state index in [9.17, 15) is 9.18 Å². The standard InChI is InChI=1S/C20H20ClFN4O/c1-19(2)9-11-4-5-15(12-6-13(21)8-14(22)7-12)24-16(11)20(10-19)17(27)26(3)18(23)25-20/h4-8H,9-10H2,1-3H3,(H2,23,25). The summed E-state index contributed by atoms with van der Waals surface area (Å²) < 4.78 is 13.8. The number of aliphatic imine (C=N–C) groups is 1. The molecule has 2 heterocycles. The number of carbonyl (C=O) groups is 1. The number of pyridine rings is 1. The number of nitrogens with zero attached hydrogens (tertiary/aromatic N) is 3. The number of amides is 1. The van der Waals surface area contributed by atoms with Crippen molar-refractivity contribution >= 4 is 23.5 Å². The zero-order valence-corrected chi connectivity index (χ0v) is 16.1. The summed E-state index contributed by atoms with van der Waals surface area (Å²) in [5.41, 5.74) is 7.35. The minimum absolute atomic E-state index is 0.136. The molecular formula is C20H20ClFN4O. The third-order valence-electron chi connectivity index (χ3n) is 5.24. The molecule has 0 saturated heterocycles. The average molecular weight is 387 g/mol. The third kappa shape index (κ3) is 2.79. The molecule has 1 aromatic carbocycles. The number of nitrogens with two attached hydrogens (primary N) is 1. The molecule has 0 saturated carbocycles. The first-order valence-corrected chi connectivity index (χ1v) is 9.09. The Morgan fingerprint density at radius 3 is 2.63 bits per heavy atom. The van der Waals surface area contributed by atoms with Gasteiger partial charge < -0.3 is 5.73 Å². The Balaban J connectivity index is 1.93. The summed E-state index contributed by atoms with van der Waals surface area (Å²) in [5, 5.41) is 0.291. The zero-order chi connectivity index (χ0) is 19.6. The predicted molar refractivity (Wildman–Crippen MR) is 103 cm³/mol. The Labute approximate surface area is 162 Å². The van der Waals surface area contributed by atoms with Gasteiger partial charge in [-0.2, -0.15) is 0 Å². The van der Waals surface area contributed by atoms with Gasteiger partial charge >= 0.3 is 0 Å². The number of rotatable bonds is 1. The fraction of sp³-hybridized carbons (Fsp3) is 0.350. The van der Waals surface area contributed by atoms with Crippen molar-refractivity contribution in [3.63, 3.8) is 0 Å². The summed E-state index contributed by atoms with van der Waals surface area (Å²) in [4.78, 5) is 23.8. The maximum Gasteiger partial charge on any atom is 0.263 e. The van der Waals surface area contributed by atoms with E-state index in [-0.39, 0.29) is 17.3 Å². The molecule has 1 atom stereocenters. The van der Waals surface area contributed by atoms with E-state index >= 15 is 0 Å². The number of guanidine groups is 1. The number of hydrogen-bond acceptors (Lipinski definition) is 4. The lowest BCUT2D eigenvalue weighted by molar-refractivity contribution is -0.132. The van der Waals surface area contributed by atoms with E-state index in [2.05, 4.69) is 18.8 Å². The van der Waals surface area contributed by atoms with Gasteiger partial charge in [0.15, 0.2) is 11.5 Å². The highest BCUT2D eigenvalue weighted by atomic mass is 35.5. The van der Waals surface area contributed by atoms with Gasteiger partial charge in [0.2, 0.25) is 0 Å². The van der Waals surface area contributed by atoms with E-state index in [0.717, 1.165) is 12.0 Å². The van der Waals surface area contributed by atoms with Crippen molar-refractivity contribution < 1.29 is 9.18 Å². The van der Waals surface area contributed by atoms with Crippen molar-refractivity contribution in [1.82, 2.24) is 9.88 Å². The highest BCUT2D eigenvalue weighted by molar-refractivity contribution is 6.30. The molecule has 2 aliphatic rings. The Kier molecular flexibility index (Phi) is 3.82. The molecule has 0 fully saturated rings. The highest BCUT2D eigenvalue weighted by Crippen LogP contribution is 2.49. The number of aromatic nitrogens is 1. The first kappa shape index (κ1) is 17.9. The molecule has 1 aliphatic carbocycles. The summed E-state index contributed by atoms with van der Waals surface area (Å²) in [5.74, 6) is -0.438. The second-order valence-corrected chi connectivity index (χ2v) is 8.51. The number of carbonyl (C=O) groups excluding carboxylic acids is 1. The van der Waals surface area contributed by atoms with E-state index in [1.807, 2.05) is 12.1 Å². The molecule has 140 valence electrons. The van der Waals surface area contributed by atoms with Crippen LogP contribution in [0.3, 0.4) is 0 Å². The fourth-order valence-corrected chi connectivity index (χ4v) is 4.40. The maximum absolute atomic E-state index is 13.8. The lowest BCUT2D eigenvalue weighted by Gasteiger charge is -2.40. The van der Waals surface area contributed by atoms with Gasteiger partial charge in [-0.05, 0) is 48.1 Å². The van der Waals surface area contributed by atoms with Crippen molar-refractivity contribution in [2.75, 3.05) is 7.05 Å². The lowest BCUT2D eigenvalue weighted by Crippen LogP contribution is -2.46. The number of benzene rings is 1. The quantitative estimate of drug-likeness (QED) is 0.815. The van der Waals surface area contributed by atoms with Crippen LogP contribution in [0.5, 0.6) is 0 Å². The smallest absolute Gasteiger partial charge is 0.263 e. The molecule has 7 heteroatoms. The minimum atomic E-state index is -1.14. The Morgan fingerprint density at radius 2 is 2.00 bits per heavy atom. The number of likely N-dealkylation sites (N-methyl/N-ethyl adjacent to an activating group) is 1. The van der Waals surface area contributed by atoms with Crippen molar-refractivity contribution in [2.24, 2.45) is 16.1 Å². The molecule has 1 amide bonds. The molecule has 5 nitrogen and oxygen atoms in total. The van der Waals surface area contributed by atoms with E-state index in [1.165, 1.54) is 17.0 Å². The van der Waals surface area contributed by atoms with Crippen LogP contribution in [0.4, 0.5) is 4.39 Å². The van der Waals surface area contributed by atoms with Crippen molar-refractivity contribution in [1.29, 1.82) is 0 Å². The van der Waals surface area contributed by atoms with Crippen molar-refractivity contribution in [3.05, 3.63) is 52.4 Å². The largest absolute Gasteiger partial charge is 0.369 e. The SMILES string of the molecule is CN1C(=O)C2(CC(C)(C)Cc3ccc(-c4cc(F)cc(Cl)c4)nc32)N=C1N. The molecule has 1 spiro atoms. The number of halogens is 2. The minimum Gasteiger partial charge on any atom is -0.369 e. The van der Waals surface area contributed by atoms with Gasteiger partial charge in [0.1, 0.15) is 5.82 Å². The fourth-order valence-electron chi connectivity index (χ4n) is 4.17. The van der Waals surface area contributed by atoms with Crippen molar-refractivity contribution in [3.8, 4) is 11.3 Å². The van der Waals surface area contributed by atoms with Crippen molar-refractivity contribution in [2.45, 2.75) is 32.2 Å². The zero-order valence-electron chi connectivity index (χ0n) is 15.4. The van der Waals surface area contributed by atoms with Gasteiger partial charge in [-0.1, -0.05) is 31.5 Å². The molecule has 1 unspecified atom stereocenters. The second kappa shape index (κ2) is 5.76. The van der Waals surface area contributed by atoms with Gasteiger partial charge in [-0.25, -0.2) is 14.4 Å². The Bertz CT molecular complexity index is 983. The van der Waals surface area contributed by atoms with Crippen LogP contribution in [0.2, 0.25) is 5.02 Å². The van der Waals surface area contributed by atoms with Crippen LogP contribution in [0, 0.1) is 11.2 Å². The monoisotopic (exact) mass is 386 g/mol. The van der Waals surface area contributed by atoms with Crippen LogP contribution < -0.4 is 5.73 Å². The molecule has 2 aromatic rings. The molecule has 27 heavy (non-hydrogen) atoms. The van der Waals surface area contributed by atoms with Gasteiger partial charge in [-0.15, -0.1) is 0 Å². The molecule has 1 aliphatic heterocycles. The first-order chi connectivity index (χ1) is 12.6. The van der Waals surface area contributed by atoms with Crippen LogP contribution in [-0.2, 0) is 16.8 Å². The summed E-state index contributed by atoms with van der Waals surface area (Å²) in [6.45, 7) is 4.21. The topological polar surface area (TPSA) is 71.6 Å². The lowest BCUT2D eigenvalue weighted by atomic mass is 9.67. The molecule has 0 radical (unpaired) electrons. The maximum atomic E-state index is 13.8. The molecule has 1 aromatic heterocycles. The Hall–Kier alpha value is -2.47. The highest BCUT2D eigenvalue weighted by Gasteiger charge is 2.55. The van der Waals surface area contributed by atoms with Crippen LogP contribution in [0.15, 0.2) is 35.3 Å². The van der Waals surface area contributed by atoms with Gasteiger partial charge in [0, 0.05) is 17.6 Å². The van der Waals surface area contributed by atoms with E-state index in [0.29, 0.717) is 28.4 Å². The molecule has 2 N–H and O–H groups in total. The van der Waals surface area contributed by atoms with Crippen LogP contribution in [-0.4, -0.2) is 28.8 Å². The summed E-state index contributed by atoms with van der Waals surface area (Å²) in [7, 11) is 1.62. The van der Waals surface area contributed by atoms with Gasteiger partial charge in [-0.3, -0.25) is 9.69 Å². The molecular weight excluding hydrogens is 367 g/mol. The van der Waals surface area contributed by atoms with Crippen LogP contribution in [0.1, 0.15) is 31.5 Å².